The number of aliphatic carboxylic acids is 1. The number of rotatable bonds is 4. The number of carbonyl (C=O) groups is 2. The molecule has 0 radical (unpaired) electrons. The highest BCUT2D eigenvalue weighted by Crippen LogP contribution is 2.40. The standard InChI is InChI=1S/C14H18O3S/c1-3-9-6-10(11(7-9)14(16)17)13(15)12-5-4-8(2)18-12/h4-5,9-11H,3,6-7H2,1-2H3,(H,16,17). The Morgan fingerprint density at radius 2 is 2.00 bits per heavy atom. The maximum atomic E-state index is 12.4. The SMILES string of the molecule is CCC1CC(C(=O)O)C(C(=O)c2ccc(C)s2)C1. The third-order valence-electron chi connectivity index (χ3n) is 3.87. The van der Waals surface area contributed by atoms with Crippen LogP contribution in [0.2, 0.25) is 0 Å². The van der Waals surface area contributed by atoms with Crippen LogP contribution in [-0.4, -0.2) is 16.9 Å². The van der Waals surface area contributed by atoms with Gasteiger partial charge in [-0.1, -0.05) is 13.3 Å². The van der Waals surface area contributed by atoms with Crippen LogP contribution in [0.25, 0.3) is 0 Å². The smallest absolute Gasteiger partial charge is 0.307 e. The predicted molar refractivity (Wildman–Crippen MR) is 71.0 cm³/mol. The average Bonchev–Trinajstić information content (AvgIpc) is 2.93. The lowest BCUT2D eigenvalue weighted by Crippen LogP contribution is -2.24. The largest absolute Gasteiger partial charge is 0.481 e. The minimum absolute atomic E-state index is 0.0245. The average molecular weight is 266 g/mol. The lowest BCUT2D eigenvalue weighted by atomic mass is 9.91. The molecule has 1 aliphatic carbocycles. The lowest BCUT2D eigenvalue weighted by molar-refractivity contribution is -0.142. The van der Waals surface area contributed by atoms with Crippen LogP contribution in [0, 0.1) is 24.7 Å². The van der Waals surface area contributed by atoms with E-state index < -0.39 is 11.9 Å². The minimum atomic E-state index is -0.822. The molecule has 0 aliphatic heterocycles. The van der Waals surface area contributed by atoms with Gasteiger partial charge in [0.05, 0.1) is 10.8 Å². The van der Waals surface area contributed by atoms with E-state index in [1.807, 2.05) is 19.1 Å². The summed E-state index contributed by atoms with van der Waals surface area (Å²) in [5.74, 6) is -1.24. The maximum Gasteiger partial charge on any atom is 0.307 e. The zero-order valence-electron chi connectivity index (χ0n) is 10.7. The highest BCUT2D eigenvalue weighted by atomic mass is 32.1. The van der Waals surface area contributed by atoms with Gasteiger partial charge in [0.15, 0.2) is 5.78 Å². The fourth-order valence-electron chi connectivity index (χ4n) is 2.79. The van der Waals surface area contributed by atoms with Crippen LogP contribution in [0.5, 0.6) is 0 Å². The number of carbonyl (C=O) groups excluding carboxylic acids is 1. The maximum absolute atomic E-state index is 12.4. The Morgan fingerprint density at radius 3 is 2.50 bits per heavy atom. The predicted octanol–water partition coefficient (Wildman–Crippen LogP) is 3.38. The molecule has 1 saturated carbocycles. The molecule has 1 aromatic rings. The molecule has 18 heavy (non-hydrogen) atoms. The number of carboxylic acids is 1. The van der Waals surface area contributed by atoms with Crippen molar-refractivity contribution in [2.45, 2.75) is 33.1 Å². The fourth-order valence-corrected chi connectivity index (χ4v) is 3.66. The van der Waals surface area contributed by atoms with Gasteiger partial charge in [0.2, 0.25) is 0 Å². The second-order valence-electron chi connectivity index (χ2n) is 5.07. The summed E-state index contributed by atoms with van der Waals surface area (Å²) in [5, 5.41) is 9.25. The summed E-state index contributed by atoms with van der Waals surface area (Å²) in [5.41, 5.74) is 0. The molecule has 3 unspecified atom stereocenters. The van der Waals surface area contributed by atoms with Crippen molar-refractivity contribution in [3.8, 4) is 0 Å². The van der Waals surface area contributed by atoms with E-state index in [-0.39, 0.29) is 11.7 Å². The van der Waals surface area contributed by atoms with E-state index in [1.165, 1.54) is 11.3 Å². The van der Waals surface area contributed by atoms with Crippen molar-refractivity contribution in [3.05, 3.63) is 21.9 Å². The first-order valence-corrected chi connectivity index (χ1v) is 7.18. The van der Waals surface area contributed by atoms with Crippen LogP contribution >= 0.6 is 11.3 Å². The summed E-state index contributed by atoms with van der Waals surface area (Å²) in [6.45, 7) is 4.02. The Hall–Kier alpha value is -1.16. The monoisotopic (exact) mass is 266 g/mol. The quantitative estimate of drug-likeness (QED) is 0.850. The first-order chi connectivity index (χ1) is 8.52. The van der Waals surface area contributed by atoms with Crippen LogP contribution in [-0.2, 0) is 4.79 Å². The van der Waals surface area contributed by atoms with Gasteiger partial charge in [-0.25, -0.2) is 0 Å². The van der Waals surface area contributed by atoms with Gasteiger partial charge in [-0.15, -0.1) is 11.3 Å². The van der Waals surface area contributed by atoms with Crippen LogP contribution in [0.3, 0.4) is 0 Å². The van der Waals surface area contributed by atoms with Crippen molar-refractivity contribution in [2.24, 2.45) is 17.8 Å². The molecule has 0 amide bonds. The Labute approximate surface area is 111 Å². The molecular weight excluding hydrogens is 248 g/mol. The van der Waals surface area contributed by atoms with E-state index in [4.69, 9.17) is 0 Å². The number of aryl methyl sites for hydroxylation is 1. The molecular formula is C14H18O3S. The molecule has 3 atom stereocenters. The van der Waals surface area contributed by atoms with Gasteiger partial charge in [-0.2, -0.15) is 0 Å². The third kappa shape index (κ3) is 2.48. The summed E-state index contributed by atoms with van der Waals surface area (Å²) in [6.07, 6.45) is 2.33. The van der Waals surface area contributed by atoms with Crippen molar-refractivity contribution in [1.29, 1.82) is 0 Å². The molecule has 2 rings (SSSR count). The van der Waals surface area contributed by atoms with Crippen LogP contribution in [0.4, 0.5) is 0 Å². The summed E-state index contributed by atoms with van der Waals surface area (Å²) < 4.78 is 0. The van der Waals surface area contributed by atoms with E-state index in [1.54, 1.807) is 0 Å². The van der Waals surface area contributed by atoms with E-state index in [0.717, 1.165) is 17.7 Å². The Balaban J connectivity index is 2.20. The molecule has 1 heterocycles. The second kappa shape index (κ2) is 5.22. The van der Waals surface area contributed by atoms with E-state index in [9.17, 15) is 14.7 Å². The topological polar surface area (TPSA) is 54.4 Å². The first-order valence-electron chi connectivity index (χ1n) is 6.36. The van der Waals surface area contributed by atoms with Gasteiger partial charge < -0.3 is 5.11 Å². The summed E-state index contributed by atoms with van der Waals surface area (Å²) in [6, 6.07) is 3.74. The van der Waals surface area contributed by atoms with Gasteiger partial charge in [-0.3, -0.25) is 9.59 Å². The first kappa shape index (κ1) is 13.3. The molecule has 4 heteroatoms. The summed E-state index contributed by atoms with van der Waals surface area (Å²) >= 11 is 1.46. The summed E-state index contributed by atoms with van der Waals surface area (Å²) in [4.78, 5) is 25.5. The van der Waals surface area contributed by atoms with E-state index in [0.29, 0.717) is 17.2 Å². The van der Waals surface area contributed by atoms with Gasteiger partial charge in [-0.05, 0) is 37.8 Å². The van der Waals surface area contributed by atoms with Gasteiger partial charge in [0.1, 0.15) is 0 Å². The zero-order valence-corrected chi connectivity index (χ0v) is 11.5. The van der Waals surface area contributed by atoms with Crippen LogP contribution in [0.15, 0.2) is 12.1 Å². The minimum Gasteiger partial charge on any atom is -0.481 e. The number of hydrogen-bond acceptors (Lipinski definition) is 3. The zero-order chi connectivity index (χ0) is 13.3. The Bertz CT molecular complexity index is 463. The van der Waals surface area contributed by atoms with Crippen LogP contribution in [0.1, 0.15) is 40.7 Å². The van der Waals surface area contributed by atoms with Crippen molar-refractivity contribution in [3.63, 3.8) is 0 Å². The van der Waals surface area contributed by atoms with E-state index >= 15 is 0 Å². The fraction of sp³-hybridized carbons (Fsp3) is 0.571. The summed E-state index contributed by atoms with van der Waals surface area (Å²) in [7, 11) is 0. The lowest BCUT2D eigenvalue weighted by Gasteiger charge is -2.12. The molecule has 98 valence electrons. The normalized spacial score (nSPS) is 27.3. The van der Waals surface area contributed by atoms with Crippen molar-refractivity contribution < 1.29 is 14.7 Å². The highest BCUT2D eigenvalue weighted by molar-refractivity contribution is 7.14. The van der Waals surface area contributed by atoms with Gasteiger partial charge in [0.25, 0.3) is 0 Å². The Kier molecular flexibility index (Phi) is 3.85. The molecule has 1 aliphatic rings. The van der Waals surface area contributed by atoms with Gasteiger partial charge in [0, 0.05) is 10.8 Å². The molecule has 3 nitrogen and oxygen atoms in total. The highest BCUT2D eigenvalue weighted by Gasteiger charge is 2.42. The number of ketones is 1. The number of thiophene rings is 1. The molecule has 1 aromatic heterocycles. The van der Waals surface area contributed by atoms with Gasteiger partial charge >= 0.3 is 5.97 Å². The third-order valence-corrected chi connectivity index (χ3v) is 4.89. The van der Waals surface area contributed by atoms with Crippen molar-refractivity contribution in [2.75, 3.05) is 0 Å². The molecule has 0 bridgehead atoms. The molecule has 1 N–H and O–H groups in total. The molecule has 0 aromatic carbocycles. The van der Waals surface area contributed by atoms with Crippen molar-refractivity contribution >= 4 is 23.1 Å². The number of carboxylic acid groups (broad SMARTS) is 1. The number of Topliss-reactive ketones (excluding diaryl/α,β-unsaturated/α-hetero) is 1. The second-order valence-corrected chi connectivity index (χ2v) is 6.36. The Morgan fingerprint density at radius 1 is 1.33 bits per heavy atom. The molecule has 0 spiro atoms. The van der Waals surface area contributed by atoms with Crippen molar-refractivity contribution in [1.82, 2.24) is 0 Å². The number of hydrogen-bond donors (Lipinski definition) is 1. The molecule has 1 fully saturated rings. The molecule has 0 saturated heterocycles. The van der Waals surface area contributed by atoms with E-state index in [2.05, 4.69) is 6.92 Å². The van der Waals surface area contributed by atoms with Crippen LogP contribution < -0.4 is 0 Å².